The normalized spacial score (nSPS) is 11.5. The molecule has 2 aromatic heterocycles. The predicted octanol–water partition coefficient (Wildman–Crippen LogP) is 4.45. The number of hydrogen-bond acceptors (Lipinski definition) is 5. The number of amides is 1. The number of sulfone groups is 1. The van der Waals surface area contributed by atoms with Gasteiger partial charge in [-0.05, 0) is 62.7 Å². The zero-order chi connectivity index (χ0) is 24.6. The fourth-order valence-electron chi connectivity index (χ4n) is 3.52. The van der Waals surface area contributed by atoms with Crippen molar-refractivity contribution in [3.63, 3.8) is 0 Å². The fourth-order valence-corrected chi connectivity index (χ4v) is 5.06. The number of halogens is 1. The zero-order valence-electron chi connectivity index (χ0n) is 18.8. The first kappa shape index (κ1) is 23.7. The molecule has 34 heavy (non-hydrogen) atoms. The van der Waals surface area contributed by atoms with Crippen molar-refractivity contribution in [3.05, 3.63) is 92.9 Å². The first-order valence-corrected chi connectivity index (χ1v) is 12.3. The van der Waals surface area contributed by atoms with Gasteiger partial charge in [0.25, 0.3) is 0 Å². The number of aromatic nitrogens is 2. The molecule has 0 radical (unpaired) electrons. The molecule has 0 atom stereocenters. The van der Waals surface area contributed by atoms with Crippen LogP contribution < -0.4 is 10.7 Å². The highest BCUT2D eigenvalue weighted by atomic mass is 35.5. The van der Waals surface area contributed by atoms with E-state index in [2.05, 4.69) is 10.3 Å². The molecule has 7 nitrogen and oxygen atoms in total. The third-order valence-corrected chi connectivity index (χ3v) is 7.59. The van der Waals surface area contributed by atoms with Crippen LogP contribution in [0, 0.1) is 20.8 Å². The van der Waals surface area contributed by atoms with Gasteiger partial charge in [0.15, 0.2) is 0 Å². The molecule has 9 heteroatoms. The van der Waals surface area contributed by atoms with Crippen molar-refractivity contribution in [3.8, 4) is 0 Å². The third-order valence-electron chi connectivity index (χ3n) is 5.42. The smallest absolute Gasteiger partial charge is 0.244 e. The van der Waals surface area contributed by atoms with Crippen LogP contribution in [-0.2, 0) is 21.2 Å². The summed E-state index contributed by atoms with van der Waals surface area (Å²) in [4.78, 5) is 30.0. The van der Waals surface area contributed by atoms with E-state index in [0.29, 0.717) is 16.4 Å². The summed E-state index contributed by atoms with van der Waals surface area (Å²) in [6.45, 7) is 5.19. The molecule has 0 aliphatic rings. The lowest BCUT2D eigenvalue weighted by molar-refractivity contribution is -0.116. The van der Waals surface area contributed by atoms with Crippen molar-refractivity contribution in [2.45, 2.75) is 37.1 Å². The number of anilines is 1. The molecule has 0 bridgehead atoms. The van der Waals surface area contributed by atoms with E-state index in [1.165, 1.54) is 29.0 Å². The molecule has 174 valence electrons. The molecule has 2 heterocycles. The van der Waals surface area contributed by atoms with E-state index in [4.69, 9.17) is 11.6 Å². The van der Waals surface area contributed by atoms with E-state index in [1.54, 1.807) is 43.3 Å². The average molecular weight is 496 g/mol. The zero-order valence-corrected chi connectivity index (χ0v) is 20.4. The van der Waals surface area contributed by atoms with Gasteiger partial charge in [0, 0.05) is 22.6 Å². The van der Waals surface area contributed by atoms with Crippen LogP contribution in [0.15, 0.2) is 75.4 Å². The van der Waals surface area contributed by atoms with Gasteiger partial charge in [-0.15, -0.1) is 0 Å². The van der Waals surface area contributed by atoms with Crippen molar-refractivity contribution in [1.29, 1.82) is 0 Å². The molecule has 4 rings (SSSR count). The van der Waals surface area contributed by atoms with Gasteiger partial charge in [0.05, 0.1) is 10.3 Å². The van der Waals surface area contributed by atoms with Crippen LogP contribution in [0.5, 0.6) is 0 Å². The summed E-state index contributed by atoms with van der Waals surface area (Å²) in [5, 5.41) is 3.37. The van der Waals surface area contributed by atoms with Crippen LogP contribution in [0.2, 0.25) is 5.02 Å². The van der Waals surface area contributed by atoms with E-state index in [-0.39, 0.29) is 22.5 Å². The molecule has 0 saturated heterocycles. The summed E-state index contributed by atoms with van der Waals surface area (Å²) in [5.41, 5.74) is 2.46. The number of nitrogens with zero attached hydrogens (tertiary/aromatic N) is 2. The van der Waals surface area contributed by atoms with Gasteiger partial charge >= 0.3 is 0 Å². The Hall–Kier alpha value is -3.49. The maximum atomic E-state index is 13.3. The van der Waals surface area contributed by atoms with Crippen LogP contribution in [0.3, 0.4) is 0 Å². The molecule has 0 aliphatic carbocycles. The lowest BCUT2D eigenvalue weighted by Crippen LogP contribution is -2.24. The van der Waals surface area contributed by atoms with Gasteiger partial charge in [-0.1, -0.05) is 35.4 Å². The quantitative estimate of drug-likeness (QED) is 0.441. The number of nitrogens with one attached hydrogen (secondary N) is 1. The van der Waals surface area contributed by atoms with E-state index >= 15 is 0 Å². The second-order valence-electron chi connectivity index (χ2n) is 8.10. The number of pyridine rings is 2. The maximum absolute atomic E-state index is 13.3. The number of fused-ring (bicyclic) bond motifs is 1. The predicted molar refractivity (Wildman–Crippen MR) is 132 cm³/mol. The Morgan fingerprint density at radius 3 is 2.41 bits per heavy atom. The van der Waals surface area contributed by atoms with Gasteiger partial charge in [0.2, 0.25) is 21.2 Å². The molecule has 0 saturated carbocycles. The number of rotatable bonds is 5. The minimum Gasteiger partial charge on any atom is -0.324 e. The Morgan fingerprint density at radius 2 is 1.74 bits per heavy atom. The van der Waals surface area contributed by atoms with Gasteiger partial charge in [-0.2, -0.15) is 0 Å². The number of benzene rings is 2. The largest absolute Gasteiger partial charge is 0.324 e. The lowest BCUT2D eigenvalue weighted by atomic mass is 10.2. The van der Waals surface area contributed by atoms with Crippen molar-refractivity contribution < 1.29 is 13.2 Å². The van der Waals surface area contributed by atoms with Crippen molar-refractivity contribution in [2.24, 2.45) is 0 Å². The number of hydrogen-bond donors (Lipinski definition) is 1. The second kappa shape index (κ2) is 9.04. The van der Waals surface area contributed by atoms with Gasteiger partial charge in [-0.3, -0.25) is 9.59 Å². The summed E-state index contributed by atoms with van der Waals surface area (Å²) in [6, 6.07) is 14.5. The summed E-state index contributed by atoms with van der Waals surface area (Å²) in [5.74, 6) is -0.424. The minimum absolute atomic E-state index is 0.0000744. The van der Waals surface area contributed by atoms with Crippen molar-refractivity contribution >= 4 is 44.1 Å². The Kier molecular flexibility index (Phi) is 6.29. The summed E-state index contributed by atoms with van der Waals surface area (Å²) >= 11 is 6.14. The van der Waals surface area contributed by atoms with Crippen LogP contribution in [-0.4, -0.2) is 23.9 Å². The minimum atomic E-state index is -4.13. The molecular formula is C25H22ClN3O4S. The topological polar surface area (TPSA) is 98.1 Å². The molecule has 2 aromatic carbocycles. The highest BCUT2D eigenvalue weighted by Gasteiger charge is 2.25. The Morgan fingerprint density at radius 1 is 1.03 bits per heavy atom. The lowest BCUT2D eigenvalue weighted by Gasteiger charge is -2.14. The Labute approximate surface area is 202 Å². The van der Waals surface area contributed by atoms with Gasteiger partial charge in [0.1, 0.15) is 17.1 Å². The van der Waals surface area contributed by atoms with Crippen molar-refractivity contribution in [2.75, 3.05) is 5.32 Å². The number of carbonyl (C=O) groups is 1. The molecule has 0 fully saturated rings. The Balaban J connectivity index is 1.81. The molecule has 1 N–H and O–H groups in total. The Bertz CT molecular complexity index is 1590. The van der Waals surface area contributed by atoms with Crippen LogP contribution in [0.1, 0.15) is 16.8 Å². The average Bonchev–Trinajstić information content (AvgIpc) is 2.78. The standard InChI is InChI=1S/C25H22ClN3O4S/c1-15-4-9-19(10-5-15)34(32,33)22-13-29(25-20(24(22)31)11-7-17(3)27-25)14-23(30)28-18-8-6-16(2)21(26)12-18/h4-13H,14H2,1-3H3,(H,28,30). The fraction of sp³-hybridized carbons (Fsp3) is 0.160. The molecule has 0 spiro atoms. The van der Waals surface area contributed by atoms with Gasteiger partial charge in [-0.25, -0.2) is 13.4 Å². The first-order valence-electron chi connectivity index (χ1n) is 10.4. The maximum Gasteiger partial charge on any atom is 0.244 e. The molecular weight excluding hydrogens is 474 g/mol. The highest BCUT2D eigenvalue weighted by Crippen LogP contribution is 2.22. The summed E-state index contributed by atoms with van der Waals surface area (Å²) < 4.78 is 28.0. The highest BCUT2D eigenvalue weighted by molar-refractivity contribution is 7.91. The summed E-state index contributed by atoms with van der Waals surface area (Å²) in [6.07, 6.45) is 1.19. The van der Waals surface area contributed by atoms with E-state index in [9.17, 15) is 18.0 Å². The van der Waals surface area contributed by atoms with E-state index < -0.39 is 26.1 Å². The molecule has 4 aromatic rings. The third kappa shape index (κ3) is 4.60. The molecule has 0 unspecified atom stereocenters. The van der Waals surface area contributed by atoms with Crippen LogP contribution in [0.25, 0.3) is 11.0 Å². The monoisotopic (exact) mass is 495 g/mol. The first-order chi connectivity index (χ1) is 16.1. The van der Waals surface area contributed by atoms with E-state index in [1.807, 2.05) is 13.8 Å². The van der Waals surface area contributed by atoms with Crippen LogP contribution >= 0.6 is 11.6 Å². The summed E-state index contributed by atoms with van der Waals surface area (Å²) in [7, 11) is -4.13. The van der Waals surface area contributed by atoms with Crippen LogP contribution in [0.4, 0.5) is 5.69 Å². The van der Waals surface area contributed by atoms with Crippen molar-refractivity contribution in [1.82, 2.24) is 9.55 Å². The SMILES string of the molecule is Cc1ccc(S(=O)(=O)c2cn(CC(=O)Nc3ccc(C)c(Cl)c3)c3nc(C)ccc3c2=O)cc1. The number of aryl methyl sites for hydroxylation is 3. The second-order valence-corrected chi connectivity index (χ2v) is 10.4. The van der Waals surface area contributed by atoms with Gasteiger partial charge < -0.3 is 9.88 Å². The molecule has 1 amide bonds. The van der Waals surface area contributed by atoms with E-state index in [0.717, 1.165) is 11.1 Å². The molecule has 0 aliphatic heterocycles. The number of carbonyl (C=O) groups excluding carboxylic acids is 1.